The summed E-state index contributed by atoms with van der Waals surface area (Å²) in [6, 6.07) is 7.00. The summed E-state index contributed by atoms with van der Waals surface area (Å²) in [5.74, 6) is -0.302. The van der Waals surface area contributed by atoms with E-state index in [1.165, 1.54) is 18.3 Å². The smallest absolute Gasteiger partial charge is 0.230 e. The van der Waals surface area contributed by atoms with Gasteiger partial charge in [0.1, 0.15) is 0 Å². The Hall–Kier alpha value is -2.41. The van der Waals surface area contributed by atoms with Crippen LogP contribution < -0.4 is 16.0 Å². The number of benzene rings is 1. The summed E-state index contributed by atoms with van der Waals surface area (Å²) in [5.41, 5.74) is 2.00. The highest BCUT2D eigenvalue weighted by Gasteiger charge is 2.08. The topological polar surface area (TPSA) is 83.1 Å². The summed E-state index contributed by atoms with van der Waals surface area (Å²) in [7, 11) is 1.79. The molecule has 0 bridgehead atoms. The summed E-state index contributed by atoms with van der Waals surface area (Å²) in [5, 5.41) is 11.0. The van der Waals surface area contributed by atoms with Crippen molar-refractivity contribution in [2.24, 2.45) is 0 Å². The Bertz CT molecular complexity index is 654. The number of nitrogens with zero attached hydrogens (tertiary/aromatic N) is 1. The second-order valence-electron chi connectivity index (χ2n) is 4.38. The molecule has 0 aliphatic rings. The first-order chi connectivity index (χ1) is 10.1. The van der Waals surface area contributed by atoms with E-state index in [1.54, 1.807) is 31.3 Å². The molecule has 2 amide bonds. The molecule has 0 atom stereocenters. The van der Waals surface area contributed by atoms with Crippen LogP contribution in [-0.2, 0) is 16.0 Å². The van der Waals surface area contributed by atoms with Gasteiger partial charge >= 0.3 is 0 Å². The zero-order valence-corrected chi connectivity index (χ0v) is 12.6. The number of aromatic nitrogens is 1. The number of hydrogen-bond donors (Lipinski definition) is 3. The maximum Gasteiger partial charge on any atom is 0.230 e. The normalized spacial score (nSPS) is 10.0. The largest absolute Gasteiger partial charge is 0.365 e. The number of anilines is 3. The van der Waals surface area contributed by atoms with Gasteiger partial charge in [0.2, 0.25) is 11.8 Å². The van der Waals surface area contributed by atoms with Crippen LogP contribution in [0.4, 0.5) is 16.5 Å². The minimum atomic E-state index is -0.152. The van der Waals surface area contributed by atoms with Gasteiger partial charge in [-0.25, -0.2) is 4.98 Å². The molecule has 0 aliphatic carbocycles. The lowest BCUT2D eigenvalue weighted by Crippen LogP contribution is -2.15. The van der Waals surface area contributed by atoms with Gasteiger partial charge in [0, 0.05) is 30.7 Å². The fraction of sp³-hybridized carbons (Fsp3) is 0.214. The van der Waals surface area contributed by atoms with Crippen LogP contribution in [0.15, 0.2) is 29.6 Å². The first kappa shape index (κ1) is 15.0. The molecule has 1 heterocycles. The van der Waals surface area contributed by atoms with E-state index in [0.717, 1.165) is 10.8 Å². The quantitative estimate of drug-likeness (QED) is 0.791. The number of rotatable bonds is 5. The number of carbonyl (C=O) groups excluding carboxylic acids is 2. The predicted molar refractivity (Wildman–Crippen MR) is 84.7 cm³/mol. The minimum absolute atomic E-state index is 0.150. The molecule has 0 saturated heterocycles. The zero-order valence-electron chi connectivity index (χ0n) is 11.8. The Labute approximate surface area is 126 Å². The predicted octanol–water partition coefficient (Wildman–Crippen LogP) is 2.32. The Morgan fingerprint density at radius 3 is 2.57 bits per heavy atom. The second-order valence-corrected chi connectivity index (χ2v) is 5.24. The highest BCUT2D eigenvalue weighted by molar-refractivity contribution is 7.13. The van der Waals surface area contributed by atoms with Gasteiger partial charge in [-0.3, -0.25) is 9.59 Å². The molecule has 0 unspecified atom stereocenters. The van der Waals surface area contributed by atoms with Crippen LogP contribution >= 0.6 is 11.3 Å². The first-order valence-electron chi connectivity index (χ1n) is 6.36. The average molecular weight is 304 g/mol. The summed E-state index contributed by atoms with van der Waals surface area (Å²) in [6.45, 7) is 1.44. The van der Waals surface area contributed by atoms with Crippen LogP contribution in [0.5, 0.6) is 0 Å². The third-order valence-corrected chi connectivity index (χ3v) is 3.48. The van der Waals surface area contributed by atoms with Crippen LogP contribution in [0.2, 0.25) is 0 Å². The minimum Gasteiger partial charge on any atom is -0.365 e. The molecule has 7 heteroatoms. The van der Waals surface area contributed by atoms with Crippen molar-refractivity contribution in [3.63, 3.8) is 0 Å². The summed E-state index contributed by atoms with van der Waals surface area (Å²) in [4.78, 5) is 27.2. The van der Waals surface area contributed by atoms with E-state index < -0.39 is 0 Å². The molecule has 0 fully saturated rings. The number of thiazole rings is 1. The Morgan fingerprint density at radius 2 is 1.95 bits per heavy atom. The number of amides is 2. The lowest BCUT2D eigenvalue weighted by atomic mass is 10.2. The molecule has 3 N–H and O–H groups in total. The lowest BCUT2D eigenvalue weighted by Gasteiger charge is -2.07. The van der Waals surface area contributed by atoms with Crippen molar-refractivity contribution in [1.82, 2.24) is 4.98 Å². The molecule has 1 aromatic carbocycles. The van der Waals surface area contributed by atoms with Crippen molar-refractivity contribution < 1.29 is 9.59 Å². The molecule has 2 aromatic rings. The fourth-order valence-electron chi connectivity index (χ4n) is 1.75. The van der Waals surface area contributed by atoms with Crippen molar-refractivity contribution in [2.75, 3.05) is 23.0 Å². The molecule has 0 spiro atoms. The van der Waals surface area contributed by atoms with Crippen LogP contribution in [0.1, 0.15) is 12.6 Å². The van der Waals surface area contributed by atoms with E-state index in [0.29, 0.717) is 11.4 Å². The van der Waals surface area contributed by atoms with Gasteiger partial charge in [-0.1, -0.05) is 6.07 Å². The van der Waals surface area contributed by atoms with Crippen LogP contribution in [-0.4, -0.2) is 23.8 Å². The Balaban J connectivity index is 1.97. The number of nitrogens with one attached hydrogen (secondary N) is 3. The standard InChI is InChI=1S/C14H16N4O2S/c1-9(19)16-10-4-3-5-11(6-10)17-13(20)7-12-8-21-14(15-2)18-12/h3-6,8H,7H2,1-2H3,(H,15,18)(H,16,19)(H,17,20). The molecule has 21 heavy (non-hydrogen) atoms. The van der Waals surface area contributed by atoms with Gasteiger partial charge < -0.3 is 16.0 Å². The molecule has 0 saturated carbocycles. The van der Waals surface area contributed by atoms with E-state index in [1.807, 2.05) is 5.38 Å². The molecule has 0 aliphatic heterocycles. The van der Waals surface area contributed by atoms with Gasteiger partial charge in [0.15, 0.2) is 5.13 Å². The summed E-state index contributed by atoms with van der Waals surface area (Å²) in [6.07, 6.45) is 0.211. The third-order valence-electron chi connectivity index (χ3n) is 2.57. The lowest BCUT2D eigenvalue weighted by molar-refractivity contribution is -0.116. The highest BCUT2D eigenvalue weighted by Crippen LogP contribution is 2.17. The molecule has 6 nitrogen and oxygen atoms in total. The van der Waals surface area contributed by atoms with Gasteiger partial charge in [0.25, 0.3) is 0 Å². The fourth-order valence-corrected chi connectivity index (χ4v) is 2.42. The van der Waals surface area contributed by atoms with E-state index in [-0.39, 0.29) is 18.2 Å². The second kappa shape index (κ2) is 6.85. The van der Waals surface area contributed by atoms with Gasteiger partial charge in [-0.2, -0.15) is 0 Å². The van der Waals surface area contributed by atoms with Crippen molar-refractivity contribution in [3.8, 4) is 0 Å². The monoisotopic (exact) mass is 304 g/mol. The van der Waals surface area contributed by atoms with E-state index in [2.05, 4.69) is 20.9 Å². The molecular weight excluding hydrogens is 288 g/mol. The average Bonchev–Trinajstić information content (AvgIpc) is 2.85. The Morgan fingerprint density at radius 1 is 1.24 bits per heavy atom. The molecule has 2 rings (SSSR count). The van der Waals surface area contributed by atoms with Crippen molar-refractivity contribution in [3.05, 3.63) is 35.3 Å². The molecule has 0 radical (unpaired) electrons. The maximum absolute atomic E-state index is 12.0. The molecule has 1 aromatic heterocycles. The van der Waals surface area contributed by atoms with Crippen molar-refractivity contribution in [1.29, 1.82) is 0 Å². The zero-order chi connectivity index (χ0) is 15.2. The van der Waals surface area contributed by atoms with E-state index in [9.17, 15) is 9.59 Å². The van der Waals surface area contributed by atoms with Crippen molar-refractivity contribution >= 4 is 39.7 Å². The van der Waals surface area contributed by atoms with Crippen LogP contribution in [0, 0.1) is 0 Å². The number of carbonyl (C=O) groups is 2. The van der Waals surface area contributed by atoms with Gasteiger partial charge in [-0.15, -0.1) is 11.3 Å². The van der Waals surface area contributed by atoms with Crippen molar-refractivity contribution in [2.45, 2.75) is 13.3 Å². The SMILES string of the molecule is CNc1nc(CC(=O)Nc2cccc(NC(C)=O)c2)cs1. The summed E-state index contributed by atoms with van der Waals surface area (Å²) < 4.78 is 0. The summed E-state index contributed by atoms with van der Waals surface area (Å²) >= 11 is 1.46. The van der Waals surface area contributed by atoms with Crippen LogP contribution in [0.25, 0.3) is 0 Å². The van der Waals surface area contributed by atoms with Gasteiger partial charge in [-0.05, 0) is 18.2 Å². The van der Waals surface area contributed by atoms with E-state index >= 15 is 0 Å². The van der Waals surface area contributed by atoms with Crippen LogP contribution in [0.3, 0.4) is 0 Å². The maximum atomic E-state index is 12.0. The number of hydrogen-bond acceptors (Lipinski definition) is 5. The van der Waals surface area contributed by atoms with E-state index in [4.69, 9.17) is 0 Å². The molecule has 110 valence electrons. The third kappa shape index (κ3) is 4.57. The highest BCUT2D eigenvalue weighted by atomic mass is 32.1. The molecular formula is C14H16N4O2S. The van der Waals surface area contributed by atoms with Gasteiger partial charge in [0.05, 0.1) is 12.1 Å². The first-order valence-corrected chi connectivity index (χ1v) is 7.24. The Kier molecular flexibility index (Phi) is 4.89.